The molecule has 0 saturated carbocycles. The van der Waals surface area contributed by atoms with Crippen LogP contribution in [-0.2, 0) is 5.41 Å². The summed E-state index contributed by atoms with van der Waals surface area (Å²) in [6, 6.07) is 6.35. The van der Waals surface area contributed by atoms with Gasteiger partial charge < -0.3 is 10.3 Å². The molecule has 0 aliphatic carbocycles. The average Bonchev–Trinajstić information content (AvgIpc) is 2.55. The van der Waals surface area contributed by atoms with Gasteiger partial charge in [0.25, 0.3) is 0 Å². The van der Waals surface area contributed by atoms with Crippen LogP contribution in [0.25, 0.3) is 11.0 Å². The first-order valence-electron chi connectivity index (χ1n) is 6.08. The number of benzene rings is 1. The Morgan fingerprint density at radius 2 is 1.88 bits per heavy atom. The fourth-order valence-corrected chi connectivity index (χ4v) is 2.17. The number of nitrogens with two attached hydrogens (primary N) is 1. The second-order valence-corrected chi connectivity index (χ2v) is 5.90. The summed E-state index contributed by atoms with van der Waals surface area (Å²) in [6.45, 7) is 10.9. The van der Waals surface area contributed by atoms with Crippen molar-refractivity contribution in [2.45, 2.75) is 46.1 Å². The van der Waals surface area contributed by atoms with E-state index in [1.54, 1.807) is 0 Å². The lowest BCUT2D eigenvalue weighted by Gasteiger charge is -2.22. The van der Waals surface area contributed by atoms with Gasteiger partial charge in [0.2, 0.25) is 0 Å². The van der Waals surface area contributed by atoms with E-state index in [2.05, 4.69) is 45.3 Å². The van der Waals surface area contributed by atoms with Gasteiger partial charge in [-0.3, -0.25) is 0 Å². The van der Waals surface area contributed by atoms with Crippen LogP contribution in [0, 0.1) is 0 Å². The normalized spacial score (nSPS) is 12.6. The lowest BCUT2D eigenvalue weighted by atomic mass is 9.95. The van der Waals surface area contributed by atoms with Crippen molar-refractivity contribution in [3.05, 3.63) is 24.0 Å². The SMILES string of the molecule is CC(C)n1c(C(C)(C)C)nc2cc(N)ccc21. The first kappa shape index (κ1) is 12.0. The van der Waals surface area contributed by atoms with E-state index in [0.717, 1.165) is 17.0 Å². The fourth-order valence-electron chi connectivity index (χ4n) is 2.17. The lowest BCUT2D eigenvalue weighted by Crippen LogP contribution is -2.20. The molecule has 0 spiro atoms. The predicted molar refractivity (Wildman–Crippen MR) is 73.2 cm³/mol. The Morgan fingerprint density at radius 3 is 2.41 bits per heavy atom. The molecule has 2 aromatic rings. The van der Waals surface area contributed by atoms with E-state index >= 15 is 0 Å². The largest absolute Gasteiger partial charge is 0.399 e. The van der Waals surface area contributed by atoms with E-state index in [4.69, 9.17) is 10.7 Å². The summed E-state index contributed by atoms with van der Waals surface area (Å²) in [7, 11) is 0. The molecule has 2 rings (SSSR count). The van der Waals surface area contributed by atoms with Gasteiger partial charge in [0, 0.05) is 17.1 Å². The molecule has 1 heterocycles. The van der Waals surface area contributed by atoms with Gasteiger partial charge in [-0.25, -0.2) is 4.98 Å². The van der Waals surface area contributed by atoms with Gasteiger partial charge in [0.15, 0.2) is 0 Å². The van der Waals surface area contributed by atoms with Crippen LogP contribution in [0.1, 0.15) is 46.5 Å². The number of nitrogens with zero attached hydrogens (tertiary/aromatic N) is 2. The molecule has 0 bridgehead atoms. The Labute approximate surface area is 103 Å². The number of rotatable bonds is 1. The summed E-state index contributed by atoms with van der Waals surface area (Å²) < 4.78 is 2.30. The molecule has 2 N–H and O–H groups in total. The van der Waals surface area contributed by atoms with Gasteiger partial charge >= 0.3 is 0 Å². The van der Waals surface area contributed by atoms with Gasteiger partial charge in [-0.05, 0) is 32.0 Å². The Kier molecular flexibility index (Phi) is 2.64. The van der Waals surface area contributed by atoms with Crippen LogP contribution >= 0.6 is 0 Å². The summed E-state index contributed by atoms with van der Waals surface area (Å²) in [5.74, 6) is 1.12. The molecule has 0 aliphatic heterocycles. The maximum atomic E-state index is 5.82. The van der Waals surface area contributed by atoms with E-state index < -0.39 is 0 Å². The highest BCUT2D eigenvalue weighted by molar-refractivity contribution is 5.80. The smallest absolute Gasteiger partial charge is 0.115 e. The van der Waals surface area contributed by atoms with Crippen molar-refractivity contribution in [3.8, 4) is 0 Å². The van der Waals surface area contributed by atoms with E-state index in [9.17, 15) is 0 Å². The molecular weight excluding hydrogens is 210 g/mol. The van der Waals surface area contributed by atoms with Crippen LogP contribution in [0.4, 0.5) is 5.69 Å². The van der Waals surface area contributed by atoms with Crippen LogP contribution in [0.15, 0.2) is 18.2 Å². The maximum Gasteiger partial charge on any atom is 0.115 e. The lowest BCUT2D eigenvalue weighted by molar-refractivity contribution is 0.477. The standard InChI is InChI=1S/C14H21N3/c1-9(2)17-12-7-6-10(15)8-11(12)16-13(17)14(3,4)5/h6-9H,15H2,1-5H3. The Balaban J connectivity index is 2.80. The number of hydrogen-bond donors (Lipinski definition) is 1. The number of imidazole rings is 1. The number of fused-ring (bicyclic) bond motifs is 1. The van der Waals surface area contributed by atoms with Gasteiger partial charge in [-0.15, -0.1) is 0 Å². The van der Waals surface area contributed by atoms with Gasteiger partial charge in [-0.1, -0.05) is 20.8 Å². The van der Waals surface area contributed by atoms with E-state index in [0.29, 0.717) is 6.04 Å². The van der Waals surface area contributed by atoms with Crippen molar-refractivity contribution in [1.29, 1.82) is 0 Å². The second kappa shape index (κ2) is 3.76. The summed E-state index contributed by atoms with van der Waals surface area (Å²) in [4.78, 5) is 4.75. The molecule has 0 amide bonds. The average molecular weight is 231 g/mol. The van der Waals surface area contributed by atoms with Crippen molar-refractivity contribution >= 4 is 16.7 Å². The molecular formula is C14H21N3. The summed E-state index contributed by atoms with van der Waals surface area (Å²) in [6.07, 6.45) is 0. The van der Waals surface area contributed by atoms with E-state index in [1.165, 1.54) is 5.52 Å². The van der Waals surface area contributed by atoms with Crippen molar-refractivity contribution in [1.82, 2.24) is 9.55 Å². The van der Waals surface area contributed by atoms with Crippen molar-refractivity contribution in [3.63, 3.8) is 0 Å². The number of aromatic nitrogens is 2. The first-order valence-corrected chi connectivity index (χ1v) is 6.08. The molecule has 0 radical (unpaired) electrons. The van der Waals surface area contributed by atoms with Crippen molar-refractivity contribution < 1.29 is 0 Å². The third-order valence-electron chi connectivity index (χ3n) is 2.90. The number of anilines is 1. The van der Waals surface area contributed by atoms with Gasteiger partial charge in [0.1, 0.15) is 5.82 Å². The summed E-state index contributed by atoms with van der Waals surface area (Å²) in [5.41, 5.74) is 8.78. The zero-order chi connectivity index (χ0) is 12.8. The monoisotopic (exact) mass is 231 g/mol. The van der Waals surface area contributed by atoms with Crippen LogP contribution < -0.4 is 5.73 Å². The fraction of sp³-hybridized carbons (Fsp3) is 0.500. The van der Waals surface area contributed by atoms with Crippen LogP contribution in [0.2, 0.25) is 0 Å². The zero-order valence-corrected chi connectivity index (χ0v) is 11.3. The van der Waals surface area contributed by atoms with E-state index in [1.807, 2.05) is 12.1 Å². The molecule has 0 fully saturated rings. The minimum Gasteiger partial charge on any atom is -0.399 e. The molecule has 0 aliphatic rings. The van der Waals surface area contributed by atoms with Crippen LogP contribution in [0.5, 0.6) is 0 Å². The molecule has 0 saturated heterocycles. The number of nitrogen functional groups attached to an aromatic ring is 1. The van der Waals surface area contributed by atoms with Crippen molar-refractivity contribution in [2.75, 3.05) is 5.73 Å². The zero-order valence-electron chi connectivity index (χ0n) is 11.3. The Hall–Kier alpha value is -1.51. The number of hydrogen-bond acceptors (Lipinski definition) is 2. The molecule has 3 heteroatoms. The molecule has 0 unspecified atom stereocenters. The van der Waals surface area contributed by atoms with Gasteiger partial charge in [0.05, 0.1) is 11.0 Å². The molecule has 3 nitrogen and oxygen atoms in total. The van der Waals surface area contributed by atoms with Crippen molar-refractivity contribution in [2.24, 2.45) is 0 Å². The predicted octanol–water partition coefficient (Wildman–Crippen LogP) is 3.50. The van der Waals surface area contributed by atoms with Crippen LogP contribution in [0.3, 0.4) is 0 Å². The Morgan fingerprint density at radius 1 is 1.24 bits per heavy atom. The molecule has 17 heavy (non-hydrogen) atoms. The minimum absolute atomic E-state index is 0.0397. The molecule has 1 aromatic carbocycles. The quantitative estimate of drug-likeness (QED) is 0.763. The van der Waals surface area contributed by atoms with Crippen LogP contribution in [-0.4, -0.2) is 9.55 Å². The summed E-state index contributed by atoms with van der Waals surface area (Å²) >= 11 is 0. The maximum absolute atomic E-state index is 5.82. The topological polar surface area (TPSA) is 43.8 Å². The molecule has 1 aromatic heterocycles. The highest BCUT2D eigenvalue weighted by Crippen LogP contribution is 2.30. The third-order valence-corrected chi connectivity index (χ3v) is 2.90. The highest BCUT2D eigenvalue weighted by atomic mass is 15.1. The minimum atomic E-state index is 0.0397. The third kappa shape index (κ3) is 2.02. The second-order valence-electron chi connectivity index (χ2n) is 5.90. The van der Waals surface area contributed by atoms with Gasteiger partial charge in [-0.2, -0.15) is 0 Å². The molecule has 0 atom stereocenters. The summed E-state index contributed by atoms with van der Waals surface area (Å²) in [5, 5.41) is 0. The first-order chi connectivity index (χ1) is 7.80. The van der Waals surface area contributed by atoms with E-state index in [-0.39, 0.29) is 5.41 Å². The molecule has 92 valence electrons. The highest BCUT2D eigenvalue weighted by Gasteiger charge is 2.23. The Bertz CT molecular complexity index is 544.